The molecular weight excluding hydrogens is 413 g/mol. The van der Waals surface area contributed by atoms with Crippen LogP contribution in [0.2, 0.25) is 0 Å². The van der Waals surface area contributed by atoms with Crippen molar-refractivity contribution in [1.82, 2.24) is 25.0 Å². The molecule has 2 amide bonds. The normalized spacial score (nSPS) is 19.5. The molecule has 0 bridgehead atoms. The third-order valence-electron chi connectivity index (χ3n) is 6.25. The molecule has 8 nitrogen and oxygen atoms in total. The van der Waals surface area contributed by atoms with Crippen LogP contribution in [0.1, 0.15) is 43.5 Å². The molecule has 1 N–H and O–H groups in total. The Bertz CT molecular complexity index is 970. The molecule has 0 aliphatic carbocycles. The Morgan fingerprint density at radius 2 is 2.03 bits per heavy atom. The highest BCUT2D eigenvalue weighted by atomic mass is 19.1. The van der Waals surface area contributed by atoms with Gasteiger partial charge in [-0.3, -0.25) is 9.59 Å². The van der Waals surface area contributed by atoms with Crippen molar-refractivity contribution in [3.63, 3.8) is 0 Å². The fourth-order valence-electron chi connectivity index (χ4n) is 4.28. The fraction of sp³-hybridized carbons (Fsp3) is 0.565. The fourth-order valence-corrected chi connectivity index (χ4v) is 4.28. The van der Waals surface area contributed by atoms with Crippen LogP contribution in [-0.2, 0) is 33.7 Å². The summed E-state index contributed by atoms with van der Waals surface area (Å²) in [6.45, 7) is 6.67. The largest absolute Gasteiger partial charge is 0.381 e. The zero-order valence-electron chi connectivity index (χ0n) is 18.6. The highest BCUT2D eigenvalue weighted by molar-refractivity contribution is 5.79. The standard InChI is InChI=1S/C23H30FN5O3/c1-15(2)21(25-23(31)17-8-12-32-14-17)22-27-26-19-7-9-28(10-11-29(19)22)20(30)13-16-5-3-4-6-18(16)24/h3-6,15,17,21H,7-14H2,1-2H3,(H,25,31)/t17-,21+/m1/s1. The number of fused-ring (bicyclic) bond motifs is 1. The van der Waals surface area contributed by atoms with E-state index < -0.39 is 0 Å². The van der Waals surface area contributed by atoms with Crippen LogP contribution >= 0.6 is 0 Å². The first-order valence-electron chi connectivity index (χ1n) is 11.2. The van der Waals surface area contributed by atoms with Gasteiger partial charge in [-0.25, -0.2) is 4.39 Å². The van der Waals surface area contributed by atoms with Crippen LogP contribution in [0, 0.1) is 17.7 Å². The molecule has 172 valence electrons. The number of aromatic nitrogens is 3. The van der Waals surface area contributed by atoms with E-state index >= 15 is 0 Å². The number of hydrogen-bond acceptors (Lipinski definition) is 5. The van der Waals surface area contributed by atoms with Crippen LogP contribution < -0.4 is 5.32 Å². The van der Waals surface area contributed by atoms with Gasteiger partial charge in [0, 0.05) is 32.7 Å². The topological polar surface area (TPSA) is 89.3 Å². The van der Waals surface area contributed by atoms with Crippen molar-refractivity contribution in [2.24, 2.45) is 11.8 Å². The molecule has 1 aromatic heterocycles. The summed E-state index contributed by atoms with van der Waals surface area (Å²) in [5.41, 5.74) is 0.403. The summed E-state index contributed by atoms with van der Waals surface area (Å²) >= 11 is 0. The van der Waals surface area contributed by atoms with Crippen molar-refractivity contribution < 1.29 is 18.7 Å². The minimum absolute atomic E-state index is 0.0196. The quantitative estimate of drug-likeness (QED) is 0.737. The molecule has 4 rings (SSSR count). The molecule has 32 heavy (non-hydrogen) atoms. The Labute approximate surface area is 187 Å². The Morgan fingerprint density at radius 1 is 1.22 bits per heavy atom. The maximum atomic E-state index is 14.0. The van der Waals surface area contributed by atoms with Crippen LogP contribution in [0.3, 0.4) is 0 Å². The van der Waals surface area contributed by atoms with Crippen molar-refractivity contribution in [3.8, 4) is 0 Å². The van der Waals surface area contributed by atoms with E-state index in [9.17, 15) is 14.0 Å². The van der Waals surface area contributed by atoms with Crippen molar-refractivity contribution in [2.75, 3.05) is 26.3 Å². The molecule has 0 spiro atoms. The molecule has 1 fully saturated rings. The second-order valence-electron chi connectivity index (χ2n) is 8.82. The second-order valence-corrected chi connectivity index (χ2v) is 8.82. The monoisotopic (exact) mass is 443 g/mol. The highest BCUT2D eigenvalue weighted by Crippen LogP contribution is 2.24. The van der Waals surface area contributed by atoms with Gasteiger partial charge in [0.15, 0.2) is 5.82 Å². The van der Waals surface area contributed by atoms with Gasteiger partial charge in [0.25, 0.3) is 0 Å². The summed E-state index contributed by atoms with van der Waals surface area (Å²) in [7, 11) is 0. The molecule has 0 radical (unpaired) electrons. The van der Waals surface area contributed by atoms with Gasteiger partial charge < -0.3 is 19.5 Å². The van der Waals surface area contributed by atoms with Gasteiger partial charge in [-0.05, 0) is 24.0 Å². The Balaban J connectivity index is 1.45. The average molecular weight is 444 g/mol. The Hall–Kier alpha value is -2.81. The van der Waals surface area contributed by atoms with E-state index in [0.717, 1.165) is 12.2 Å². The van der Waals surface area contributed by atoms with E-state index in [1.165, 1.54) is 6.07 Å². The van der Waals surface area contributed by atoms with Gasteiger partial charge >= 0.3 is 0 Å². The number of carbonyl (C=O) groups excluding carboxylic acids is 2. The Morgan fingerprint density at radius 3 is 2.75 bits per heavy atom. The molecule has 2 aromatic rings. The summed E-state index contributed by atoms with van der Waals surface area (Å²) in [4.78, 5) is 27.3. The minimum Gasteiger partial charge on any atom is -0.381 e. The smallest absolute Gasteiger partial charge is 0.227 e. The van der Waals surface area contributed by atoms with Crippen LogP contribution in [0.15, 0.2) is 24.3 Å². The second kappa shape index (κ2) is 9.77. The van der Waals surface area contributed by atoms with E-state index in [4.69, 9.17) is 4.74 Å². The number of benzene rings is 1. The summed E-state index contributed by atoms with van der Waals surface area (Å²) in [5, 5.41) is 11.9. The molecule has 1 aromatic carbocycles. The third-order valence-corrected chi connectivity index (χ3v) is 6.25. The molecule has 2 aliphatic rings. The van der Waals surface area contributed by atoms with E-state index in [-0.39, 0.29) is 41.9 Å². The first-order valence-corrected chi connectivity index (χ1v) is 11.2. The molecule has 2 aliphatic heterocycles. The highest BCUT2D eigenvalue weighted by Gasteiger charge is 2.31. The SMILES string of the molecule is CC(C)[C@H](NC(=O)[C@@H]1CCOC1)c1nnc2n1CCN(C(=O)Cc1ccccc1F)CC2. The van der Waals surface area contributed by atoms with Gasteiger partial charge in [0.1, 0.15) is 11.6 Å². The minimum atomic E-state index is -0.363. The van der Waals surface area contributed by atoms with Gasteiger partial charge in [-0.1, -0.05) is 32.0 Å². The predicted molar refractivity (Wildman–Crippen MR) is 115 cm³/mol. The van der Waals surface area contributed by atoms with E-state index in [1.807, 2.05) is 18.4 Å². The van der Waals surface area contributed by atoms with Gasteiger partial charge in [0.2, 0.25) is 11.8 Å². The summed E-state index contributed by atoms with van der Waals surface area (Å²) in [6, 6.07) is 6.09. The number of carbonyl (C=O) groups is 2. The van der Waals surface area contributed by atoms with Crippen molar-refractivity contribution >= 4 is 11.8 Å². The first-order chi connectivity index (χ1) is 15.4. The van der Waals surface area contributed by atoms with Crippen molar-refractivity contribution in [1.29, 1.82) is 0 Å². The summed E-state index contributed by atoms with van der Waals surface area (Å²) < 4.78 is 21.3. The number of rotatable bonds is 6. The summed E-state index contributed by atoms with van der Waals surface area (Å²) in [5.74, 6) is 1.01. The lowest BCUT2D eigenvalue weighted by atomic mass is 10.0. The lowest BCUT2D eigenvalue weighted by Gasteiger charge is -2.24. The van der Waals surface area contributed by atoms with Crippen molar-refractivity contribution in [2.45, 2.75) is 45.7 Å². The molecule has 0 saturated carbocycles. The molecule has 2 atom stereocenters. The molecule has 9 heteroatoms. The predicted octanol–water partition coefficient (Wildman–Crippen LogP) is 1.89. The number of halogens is 1. The molecular formula is C23H30FN5O3. The lowest BCUT2D eigenvalue weighted by Crippen LogP contribution is -2.38. The van der Waals surface area contributed by atoms with E-state index in [2.05, 4.69) is 15.5 Å². The summed E-state index contributed by atoms with van der Waals surface area (Å²) in [6.07, 6.45) is 1.33. The van der Waals surface area contributed by atoms with Gasteiger partial charge in [-0.15, -0.1) is 10.2 Å². The average Bonchev–Trinajstić information content (AvgIpc) is 3.39. The zero-order chi connectivity index (χ0) is 22.7. The molecule has 0 unspecified atom stereocenters. The van der Waals surface area contributed by atoms with E-state index in [0.29, 0.717) is 50.7 Å². The van der Waals surface area contributed by atoms with E-state index in [1.54, 1.807) is 23.1 Å². The number of amides is 2. The first kappa shape index (κ1) is 22.4. The molecule has 3 heterocycles. The molecule has 1 saturated heterocycles. The zero-order valence-corrected chi connectivity index (χ0v) is 18.6. The number of ether oxygens (including phenoxy) is 1. The van der Waals surface area contributed by atoms with Crippen LogP contribution in [0.5, 0.6) is 0 Å². The lowest BCUT2D eigenvalue weighted by molar-refractivity contribution is -0.130. The maximum absolute atomic E-state index is 14.0. The number of hydrogen-bond donors (Lipinski definition) is 1. The Kier molecular flexibility index (Phi) is 6.83. The van der Waals surface area contributed by atoms with Crippen LogP contribution in [-0.4, -0.2) is 57.8 Å². The number of nitrogens with zero attached hydrogens (tertiary/aromatic N) is 4. The van der Waals surface area contributed by atoms with Gasteiger partial charge in [0.05, 0.1) is 25.0 Å². The number of nitrogens with one attached hydrogen (secondary N) is 1. The van der Waals surface area contributed by atoms with Crippen LogP contribution in [0.4, 0.5) is 4.39 Å². The van der Waals surface area contributed by atoms with Gasteiger partial charge in [-0.2, -0.15) is 0 Å². The van der Waals surface area contributed by atoms with Crippen LogP contribution in [0.25, 0.3) is 0 Å². The maximum Gasteiger partial charge on any atom is 0.227 e. The van der Waals surface area contributed by atoms with Crippen molar-refractivity contribution in [3.05, 3.63) is 47.3 Å². The third kappa shape index (κ3) is 4.82.